The van der Waals surface area contributed by atoms with Crippen molar-refractivity contribution in [2.45, 2.75) is 6.92 Å². The van der Waals surface area contributed by atoms with Gasteiger partial charge in [0, 0.05) is 15.6 Å². The number of carbonyl (C=O) groups excluding carboxylic acids is 1. The van der Waals surface area contributed by atoms with Crippen LogP contribution in [0.4, 0.5) is 0 Å². The molecule has 2 aromatic carbocycles. The maximum atomic E-state index is 12.0. The number of hydrogen-bond acceptors (Lipinski definition) is 2. The van der Waals surface area contributed by atoms with Gasteiger partial charge >= 0.3 is 0 Å². The van der Waals surface area contributed by atoms with E-state index in [1.165, 1.54) is 0 Å². The molecule has 0 bridgehead atoms. The third-order valence-electron chi connectivity index (χ3n) is 2.76. The highest BCUT2D eigenvalue weighted by molar-refractivity contribution is 6.36. The summed E-state index contributed by atoms with van der Waals surface area (Å²) in [5.74, 6) is -0.391. The molecule has 21 heavy (non-hydrogen) atoms. The Morgan fingerprint density at radius 1 is 1.00 bits per heavy atom. The molecule has 2 rings (SSSR count). The van der Waals surface area contributed by atoms with Crippen LogP contribution in [0.2, 0.25) is 15.1 Å². The van der Waals surface area contributed by atoms with E-state index in [1.807, 2.05) is 0 Å². The maximum absolute atomic E-state index is 12.0. The summed E-state index contributed by atoms with van der Waals surface area (Å²) in [4.78, 5) is 12.0. The molecule has 1 amide bonds. The molecule has 0 atom stereocenters. The quantitative estimate of drug-likeness (QED) is 0.632. The Labute approximate surface area is 137 Å². The summed E-state index contributed by atoms with van der Waals surface area (Å²) in [6.45, 7) is 1.73. The van der Waals surface area contributed by atoms with E-state index in [4.69, 9.17) is 34.8 Å². The summed E-state index contributed by atoms with van der Waals surface area (Å²) in [7, 11) is 0. The van der Waals surface area contributed by atoms with E-state index in [2.05, 4.69) is 10.5 Å². The van der Waals surface area contributed by atoms with Gasteiger partial charge in [-0.3, -0.25) is 4.79 Å². The molecule has 0 aliphatic heterocycles. The number of carbonyl (C=O) groups is 1. The van der Waals surface area contributed by atoms with Crippen LogP contribution in [0.25, 0.3) is 0 Å². The molecule has 0 saturated carbocycles. The van der Waals surface area contributed by atoms with Crippen LogP contribution in [-0.2, 0) is 0 Å². The number of halogens is 3. The first-order valence-electron chi connectivity index (χ1n) is 6.03. The van der Waals surface area contributed by atoms with Crippen LogP contribution in [0.1, 0.15) is 22.8 Å². The van der Waals surface area contributed by atoms with Gasteiger partial charge < -0.3 is 0 Å². The largest absolute Gasteiger partial charge is 0.272 e. The molecule has 6 heteroatoms. The maximum Gasteiger partial charge on any atom is 0.272 e. The number of hydrogen-bond donors (Lipinski definition) is 1. The number of nitrogens with one attached hydrogen (secondary N) is 1. The number of benzene rings is 2. The molecule has 3 nitrogen and oxygen atoms in total. The second-order valence-electron chi connectivity index (χ2n) is 4.24. The highest BCUT2D eigenvalue weighted by Gasteiger charge is 2.10. The Morgan fingerprint density at radius 3 is 2.38 bits per heavy atom. The molecule has 0 fully saturated rings. The molecule has 0 aliphatic carbocycles. The van der Waals surface area contributed by atoms with E-state index in [0.717, 1.165) is 0 Å². The van der Waals surface area contributed by atoms with Gasteiger partial charge in [0.15, 0.2) is 0 Å². The van der Waals surface area contributed by atoms with Gasteiger partial charge in [-0.25, -0.2) is 5.43 Å². The van der Waals surface area contributed by atoms with Crippen LogP contribution in [0, 0.1) is 0 Å². The number of nitrogens with zero attached hydrogens (tertiary/aromatic N) is 1. The van der Waals surface area contributed by atoms with E-state index >= 15 is 0 Å². The van der Waals surface area contributed by atoms with Crippen molar-refractivity contribution in [3.63, 3.8) is 0 Å². The van der Waals surface area contributed by atoms with E-state index in [1.54, 1.807) is 49.4 Å². The van der Waals surface area contributed by atoms with Gasteiger partial charge in [0.25, 0.3) is 5.91 Å². The second-order valence-corrected chi connectivity index (χ2v) is 5.49. The molecule has 2 aromatic rings. The van der Waals surface area contributed by atoms with Crippen molar-refractivity contribution in [3.05, 3.63) is 68.7 Å². The SMILES string of the molecule is C/C(=N/NC(=O)c1ccccc1Cl)c1cc(Cl)ccc1Cl. The van der Waals surface area contributed by atoms with Gasteiger partial charge in [0.1, 0.15) is 0 Å². The first kappa shape index (κ1) is 15.8. The van der Waals surface area contributed by atoms with Crippen molar-refractivity contribution in [2.24, 2.45) is 5.10 Å². The standard InChI is InChI=1S/C15H11Cl3N2O/c1-9(12-8-10(16)6-7-14(12)18)19-20-15(21)11-4-2-3-5-13(11)17/h2-8H,1H3,(H,20,21)/b19-9-. The molecule has 0 radical (unpaired) electrons. The fourth-order valence-corrected chi connectivity index (χ4v) is 2.32. The molecular weight excluding hydrogens is 331 g/mol. The van der Waals surface area contributed by atoms with Gasteiger partial charge in [0.05, 0.1) is 16.3 Å². The molecular formula is C15H11Cl3N2O. The third-order valence-corrected chi connectivity index (χ3v) is 3.66. The van der Waals surface area contributed by atoms with Gasteiger partial charge in [-0.2, -0.15) is 5.10 Å². The Bertz CT molecular complexity index is 714. The van der Waals surface area contributed by atoms with Crippen LogP contribution in [0.5, 0.6) is 0 Å². The van der Waals surface area contributed by atoms with E-state index in [0.29, 0.717) is 31.9 Å². The van der Waals surface area contributed by atoms with E-state index in [9.17, 15) is 4.79 Å². The van der Waals surface area contributed by atoms with E-state index < -0.39 is 5.91 Å². The van der Waals surface area contributed by atoms with Gasteiger partial charge in [0.2, 0.25) is 0 Å². The highest BCUT2D eigenvalue weighted by atomic mass is 35.5. The molecule has 0 heterocycles. The fraction of sp³-hybridized carbons (Fsp3) is 0.0667. The summed E-state index contributed by atoms with van der Waals surface area (Å²) in [6.07, 6.45) is 0. The van der Waals surface area contributed by atoms with Crippen LogP contribution >= 0.6 is 34.8 Å². The lowest BCUT2D eigenvalue weighted by atomic mass is 10.1. The highest BCUT2D eigenvalue weighted by Crippen LogP contribution is 2.21. The zero-order valence-electron chi connectivity index (χ0n) is 11.0. The smallest absolute Gasteiger partial charge is 0.267 e. The van der Waals surface area contributed by atoms with Crippen molar-refractivity contribution in [2.75, 3.05) is 0 Å². The van der Waals surface area contributed by atoms with Crippen molar-refractivity contribution in [1.29, 1.82) is 0 Å². The summed E-state index contributed by atoms with van der Waals surface area (Å²) >= 11 is 17.9. The zero-order valence-corrected chi connectivity index (χ0v) is 13.3. The predicted octanol–water partition coefficient (Wildman–Crippen LogP) is 4.80. The van der Waals surface area contributed by atoms with Crippen molar-refractivity contribution < 1.29 is 4.79 Å². The minimum Gasteiger partial charge on any atom is -0.267 e. The van der Waals surface area contributed by atoms with Gasteiger partial charge in [-0.05, 0) is 37.3 Å². The number of hydrazone groups is 1. The van der Waals surface area contributed by atoms with Crippen molar-refractivity contribution in [3.8, 4) is 0 Å². The molecule has 0 unspecified atom stereocenters. The number of amides is 1. The Morgan fingerprint density at radius 2 is 1.67 bits per heavy atom. The summed E-state index contributed by atoms with van der Waals surface area (Å²) in [5.41, 5.74) is 4.00. The Hall–Kier alpha value is -1.55. The predicted molar refractivity (Wildman–Crippen MR) is 87.6 cm³/mol. The molecule has 0 aliphatic rings. The first-order valence-corrected chi connectivity index (χ1v) is 7.17. The second kappa shape index (κ2) is 6.94. The minimum absolute atomic E-state index is 0.355. The third kappa shape index (κ3) is 3.97. The normalized spacial score (nSPS) is 11.3. The van der Waals surface area contributed by atoms with Crippen molar-refractivity contribution >= 4 is 46.4 Å². The monoisotopic (exact) mass is 340 g/mol. The molecule has 108 valence electrons. The van der Waals surface area contributed by atoms with Crippen LogP contribution in [0.15, 0.2) is 47.6 Å². The lowest BCUT2D eigenvalue weighted by Crippen LogP contribution is -2.19. The van der Waals surface area contributed by atoms with Gasteiger partial charge in [-0.15, -0.1) is 0 Å². The van der Waals surface area contributed by atoms with Crippen LogP contribution < -0.4 is 5.43 Å². The van der Waals surface area contributed by atoms with Gasteiger partial charge in [-0.1, -0.05) is 46.9 Å². The number of rotatable bonds is 3. The molecule has 1 N–H and O–H groups in total. The lowest BCUT2D eigenvalue weighted by molar-refractivity contribution is 0.0955. The van der Waals surface area contributed by atoms with Crippen molar-refractivity contribution in [1.82, 2.24) is 5.43 Å². The topological polar surface area (TPSA) is 41.5 Å². The van der Waals surface area contributed by atoms with Crippen LogP contribution in [0.3, 0.4) is 0 Å². The lowest BCUT2D eigenvalue weighted by Gasteiger charge is -2.06. The summed E-state index contributed by atoms with van der Waals surface area (Å²) in [6, 6.07) is 11.8. The Balaban J connectivity index is 2.19. The summed E-state index contributed by atoms with van der Waals surface area (Å²) < 4.78 is 0. The molecule has 0 aromatic heterocycles. The molecule has 0 spiro atoms. The Kier molecular flexibility index (Phi) is 5.23. The first-order chi connectivity index (χ1) is 9.99. The van der Waals surface area contributed by atoms with E-state index in [-0.39, 0.29) is 0 Å². The molecule has 0 saturated heterocycles. The average Bonchev–Trinajstić information content (AvgIpc) is 2.47. The minimum atomic E-state index is -0.391. The average molecular weight is 342 g/mol. The fourth-order valence-electron chi connectivity index (χ4n) is 1.68. The van der Waals surface area contributed by atoms with Crippen LogP contribution in [-0.4, -0.2) is 11.6 Å². The summed E-state index contributed by atoms with van der Waals surface area (Å²) in [5, 5.41) is 5.44. The zero-order chi connectivity index (χ0) is 15.4.